The lowest BCUT2D eigenvalue weighted by Crippen LogP contribution is -2.37. The molecule has 1 unspecified atom stereocenters. The van der Waals surface area contributed by atoms with Crippen molar-refractivity contribution < 1.29 is 23.1 Å². The number of nitrogens with zero attached hydrogens (tertiary/aromatic N) is 1. The first-order valence-electron chi connectivity index (χ1n) is 10.9. The van der Waals surface area contributed by atoms with Crippen molar-refractivity contribution in [2.75, 3.05) is 23.8 Å². The van der Waals surface area contributed by atoms with Crippen LogP contribution in [-0.4, -0.2) is 38.4 Å². The number of carboxylic acids is 1. The van der Waals surface area contributed by atoms with Crippen LogP contribution in [0.3, 0.4) is 0 Å². The van der Waals surface area contributed by atoms with Crippen molar-refractivity contribution in [1.82, 2.24) is 0 Å². The smallest absolute Gasteiger partial charge is 0.306 e. The molecule has 2 aromatic carbocycles. The average Bonchev–Trinajstić information content (AvgIpc) is 2.85. The fraction of sp³-hybridized carbons (Fsp3) is 0.458. The van der Waals surface area contributed by atoms with Crippen molar-refractivity contribution in [2.45, 2.75) is 50.8 Å². The monoisotopic (exact) mass is 479 g/mol. The maximum Gasteiger partial charge on any atom is 0.306 e. The Labute approximate surface area is 195 Å². The minimum Gasteiger partial charge on any atom is -0.491 e. The van der Waals surface area contributed by atoms with Gasteiger partial charge in [0.05, 0.1) is 34.4 Å². The van der Waals surface area contributed by atoms with E-state index in [1.54, 1.807) is 6.07 Å². The fourth-order valence-corrected chi connectivity index (χ4v) is 6.61. The van der Waals surface area contributed by atoms with Gasteiger partial charge in [0.1, 0.15) is 5.75 Å². The Morgan fingerprint density at radius 1 is 1.22 bits per heavy atom. The van der Waals surface area contributed by atoms with Crippen LogP contribution in [-0.2, 0) is 14.6 Å². The van der Waals surface area contributed by atoms with Crippen LogP contribution in [0, 0.1) is 5.41 Å². The molecule has 1 aliphatic heterocycles. The third-order valence-electron chi connectivity index (χ3n) is 6.08. The summed E-state index contributed by atoms with van der Waals surface area (Å²) in [6.45, 7) is 4.64. The van der Waals surface area contributed by atoms with Crippen LogP contribution in [0.5, 0.6) is 5.75 Å². The molecule has 0 saturated heterocycles. The lowest BCUT2D eigenvalue weighted by Gasteiger charge is -2.36. The summed E-state index contributed by atoms with van der Waals surface area (Å²) in [6, 6.07) is 12.8. The van der Waals surface area contributed by atoms with E-state index in [1.807, 2.05) is 35.2 Å². The van der Waals surface area contributed by atoms with Gasteiger partial charge in [0.25, 0.3) is 0 Å². The number of fused-ring (bicyclic) bond motifs is 1. The van der Waals surface area contributed by atoms with Gasteiger partial charge in [0.15, 0.2) is 9.84 Å². The van der Waals surface area contributed by atoms with Gasteiger partial charge in [-0.3, -0.25) is 4.79 Å². The molecule has 0 amide bonds. The Balaban J connectivity index is 2.15. The van der Waals surface area contributed by atoms with E-state index in [-0.39, 0.29) is 34.4 Å². The zero-order chi connectivity index (χ0) is 23.4. The molecule has 32 heavy (non-hydrogen) atoms. The molecule has 0 fully saturated rings. The summed E-state index contributed by atoms with van der Waals surface area (Å²) in [5.74, 6) is -0.772. The van der Waals surface area contributed by atoms with Gasteiger partial charge in [-0.05, 0) is 31.0 Å². The lowest BCUT2D eigenvalue weighted by atomic mass is 9.81. The van der Waals surface area contributed by atoms with E-state index in [2.05, 4.69) is 13.8 Å². The number of para-hydroxylation sites is 1. The summed E-state index contributed by atoms with van der Waals surface area (Å²) in [6.07, 6.45) is 3.29. The Morgan fingerprint density at radius 3 is 2.56 bits per heavy atom. The number of benzene rings is 2. The van der Waals surface area contributed by atoms with Crippen molar-refractivity contribution in [1.29, 1.82) is 0 Å². The number of hydrogen-bond donors (Lipinski definition) is 1. The second-order valence-corrected chi connectivity index (χ2v) is 10.7. The molecule has 0 spiro atoms. The first-order chi connectivity index (χ1) is 15.2. The number of halogens is 1. The van der Waals surface area contributed by atoms with Crippen molar-refractivity contribution in [3.05, 3.63) is 47.5 Å². The highest BCUT2D eigenvalue weighted by Crippen LogP contribution is 2.46. The van der Waals surface area contributed by atoms with Gasteiger partial charge >= 0.3 is 5.97 Å². The number of sulfone groups is 1. The first kappa shape index (κ1) is 24.4. The predicted molar refractivity (Wildman–Crippen MR) is 127 cm³/mol. The van der Waals surface area contributed by atoms with Crippen LogP contribution >= 0.6 is 11.6 Å². The Morgan fingerprint density at radius 2 is 1.94 bits per heavy atom. The zero-order valence-electron chi connectivity index (χ0n) is 18.5. The topological polar surface area (TPSA) is 83.9 Å². The number of hydrogen-bond acceptors (Lipinski definition) is 5. The van der Waals surface area contributed by atoms with Gasteiger partial charge < -0.3 is 14.7 Å². The van der Waals surface area contributed by atoms with Crippen LogP contribution in [0.15, 0.2) is 47.4 Å². The molecule has 1 heterocycles. The molecule has 2 aromatic rings. The second kappa shape index (κ2) is 10.1. The molecule has 1 atom stereocenters. The van der Waals surface area contributed by atoms with E-state index < -0.39 is 21.2 Å². The summed E-state index contributed by atoms with van der Waals surface area (Å²) in [4.78, 5) is 13.0. The number of carbonyl (C=O) groups is 1. The van der Waals surface area contributed by atoms with Crippen LogP contribution in [0.4, 0.5) is 11.4 Å². The summed E-state index contributed by atoms with van der Waals surface area (Å²) in [5.41, 5.74) is 1.02. The molecule has 1 N–H and O–H groups in total. The van der Waals surface area contributed by atoms with E-state index >= 15 is 0 Å². The van der Waals surface area contributed by atoms with Gasteiger partial charge in [-0.2, -0.15) is 0 Å². The van der Waals surface area contributed by atoms with Crippen molar-refractivity contribution in [3.63, 3.8) is 0 Å². The summed E-state index contributed by atoms with van der Waals surface area (Å²) < 4.78 is 32.8. The van der Waals surface area contributed by atoms with Crippen LogP contribution in [0.1, 0.15) is 46.0 Å². The Bertz CT molecular complexity index is 1060. The van der Waals surface area contributed by atoms with Crippen molar-refractivity contribution >= 4 is 38.8 Å². The molecule has 3 rings (SSSR count). The SMILES string of the molecule is CCCCC1(CC)CN(c2ccccc2)c2cc(Cl)c(OCCC(=O)O)cc2S(=O)(=O)C1. The maximum atomic E-state index is 13.6. The van der Waals surface area contributed by atoms with Gasteiger partial charge in [-0.1, -0.05) is 56.5 Å². The number of ether oxygens (including phenoxy) is 1. The molecule has 0 bridgehead atoms. The third-order valence-corrected chi connectivity index (χ3v) is 8.37. The van der Waals surface area contributed by atoms with Crippen LogP contribution in [0.2, 0.25) is 5.02 Å². The molecule has 0 saturated carbocycles. The quantitative estimate of drug-likeness (QED) is 0.496. The van der Waals surface area contributed by atoms with E-state index in [9.17, 15) is 13.2 Å². The van der Waals surface area contributed by atoms with Gasteiger partial charge in [-0.15, -0.1) is 0 Å². The standard InChI is InChI=1S/C24H30ClNO5S/c1-3-5-12-24(4-2)16-26(18-9-7-6-8-10-18)20-14-19(25)21(31-13-11-23(27)28)15-22(20)32(29,30)17-24/h6-10,14-15H,3-5,11-13,16-17H2,1-2H3,(H,27,28). The van der Waals surface area contributed by atoms with Crippen molar-refractivity contribution in [2.24, 2.45) is 5.41 Å². The molecule has 174 valence electrons. The van der Waals surface area contributed by atoms with E-state index in [4.69, 9.17) is 21.4 Å². The van der Waals surface area contributed by atoms with E-state index in [0.717, 1.165) is 31.4 Å². The molecular weight excluding hydrogens is 450 g/mol. The largest absolute Gasteiger partial charge is 0.491 e. The minimum atomic E-state index is -3.65. The molecular formula is C24H30ClNO5S. The number of anilines is 2. The number of unbranched alkanes of at least 4 members (excludes halogenated alkanes) is 1. The summed E-state index contributed by atoms with van der Waals surface area (Å²) in [5, 5.41) is 9.13. The van der Waals surface area contributed by atoms with Gasteiger partial charge in [0.2, 0.25) is 0 Å². The highest BCUT2D eigenvalue weighted by molar-refractivity contribution is 7.91. The highest BCUT2D eigenvalue weighted by Gasteiger charge is 2.41. The number of carboxylic acid groups (broad SMARTS) is 1. The van der Waals surface area contributed by atoms with E-state index in [1.165, 1.54) is 6.07 Å². The van der Waals surface area contributed by atoms with E-state index in [0.29, 0.717) is 12.2 Å². The predicted octanol–water partition coefficient (Wildman–Crippen LogP) is 5.71. The fourth-order valence-electron chi connectivity index (χ4n) is 4.22. The minimum absolute atomic E-state index is 0.0447. The molecule has 8 heteroatoms. The number of aliphatic carboxylic acids is 1. The zero-order valence-corrected chi connectivity index (χ0v) is 20.1. The third kappa shape index (κ3) is 5.38. The molecule has 0 aromatic heterocycles. The molecule has 6 nitrogen and oxygen atoms in total. The molecule has 1 aliphatic rings. The normalized spacial score (nSPS) is 19.8. The van der Waals surface area contributed by atoms with Crippen LogP contribution in [0.25, 0.3) is 0 Å². The van der Waals surface area contributed by atoms with Gasteiger partial charge in [0, 0.05) is 23.7 Å². The number of rotatable bonds is 9. The highest BCUT2D eigenvalue weighted by atomic mass is 35.5. The Hall–Kier alpha value is -2.25. The summed E-state index contributed by atoms with van der Waals surface area (Å²) >= 11 is 6.47. The maximum absolute atomic E-state index is 13.6. The molecule has 0 radical (unpaired) electrons. The Kier molecular flexibility index (Phi) is 7.72. The van der Waals surface area contributed by atoms with Gasteiger partial charge in [-0.25, -0.2) is 8.42 Å². The van der Waals surface area contributed by atoms with Crippen LogP contribution < -0.4 is 9.64 Å². The van der Waals surface area contributed by atoms with Crippen molar-refractivity contribution in [3.8, 4) is 5.75 Å². The first-order valence-corrected chi connectivity index (χ1v) is 13.0. The lowest BCUT2D eigenvalue weighted by molar-refractivity contribution is -0.137. The summed E-state index contributed by atoms with van der Waals surface area (Å²) in [7, 11) is -3.65. The average molecular weight is 480 g/mol. The molecule has 0 aliphatic carbocycles. The second-order valence-electron chi connectivity index (χ2n) is 8.38.